The lowest BCUT2D eigenvalue weighted by atomic mass is 9.84. The average Bonchev–Trinajstić information content (AvgIpc) is 3.17. The molecule has 0 bridgehead atoms. The van der Waals surface area contributed by atoms with Crippen LogP contribution in [0.5, 0.6) is 0 Å². The lowest BCUT2D eigenvalue weighted by Gasteiger charge is -2.47. The number of piperidine rings is 1. The SMILES string of the molecule is CC(C)(C)N=C1Nc2ccccc2N[C@]12CCCN(C(=O)c1cnn3cccnc13)C2. The number of hydrogen-bond acceptors (Lipinski definition) is 5. The fraction of sp³-hybridized carbons (Fsp3) is 0.391. The number of aliphatic imine (C=N–C) groups is 1. The third-order valence-electron chi connectivity index (χ3n) is 5.74. The molecule has 8 heteroatoms. The number of carbonyl (C=O) groups is 1. The summed E-state index contributed by atoms with van der Waals surface area (Å²) in [4.78, 5) is 24.8. The number of aromatic nitrogens is 3. The minimum atomic E-state index is -0.466. The molecule has 2 aromatic heterocycles. The highest BCUT2D eigenvalue weighted by Gasteiger charge is 2.45. The van der Waals surface area contributed by atoms with Gasteiger partial charge in [0.1, 0.15) is 16.9 Å². The summed E-state index contributed by atoms with van der Waals surface area (Å²) in [6.07, 6.45) is 6.86. The molecule has 2 aliphatic rings. The minimum Gasteiger partial charge on any atom is -0.370 e. The third-order valence-corrected chi connectivity index (χ3v) is 5.74. The standard InChI is InChI=1S/C23H27N7O/c1-22(2,3)28-21-23(27-18-9-5-4-8-17(18)26-21)10-6-12-29(15-23)20(31)16-14-25-30-13-7-11-24-19(16)30/h4-5,7-9,11,13-14,27H,6,10,12,15H2,1-3H3,(H,26,28)/t23-/m0/s1. The third kappa shape index (κ3) is 3.52. The number of amidine groups is 1. The van der Waals surface area contributed by atoms with Gasteiger partial charge in [0.2, 0.25) is 0 Å². The van der Waals surface area contributed by atoms with Crippen LogP contribution in [0.25, 0.3) is 5.65 Å². The molecule has 1 saturated heterocycles. The van der Waals surface area contributed by atoms with E-state index in [1.165, 1.54) is 0 Å². The van der Waals surface area contributed by atoms with Crippen LogP contribution < -0.4 is 10.6 Å². The Labute approximate surface area is 181 Å². The first-order valence-corrected chi connectivity index (χ1v) is 10.7. The van der Waals surface area contributed by atoms with E-state index < -0.39 is 5.54 Å². The van der Waals surface area contributed by atoms with E-state index in [9.17, 15) is 4.79 Å². The molecule has 3 aromatic rings. The summed E-state index contributed by atoms with van der Waals surface area (Å²) < 4.78 is 1.64. The Morgan fingerprint density at radius 3 is 2.81 bits per heavy atom. The van der Waals surface area contributed by atoms with Gasteiger partial charge in [-0.05, 0) is 51.8 Å². The second-order valence-corrected chi connectivity index (χ2v) is 9.29. The average molecular weight is 418 g/mol. The summed E-state index contributed by atoms with van der Waals surface area (Å²) in [5.74, 6) is 0.831. The molecule has 1 atom stereocenters. The summed E-state index contributed by atoms with van der Waals surface area (Å²) in [7, 11) is 0. The summed E-state index contributed by atoms with van der Waals surface area (Å²) in [5, 5.41) is 11.6. The highest BCUT2D eigenvalue weighted by atomic mass is 16.2. The second kappa shape index (κ2) is 7.08. The summed E-state index contributed by atoms with van der Waals surface area (Å²) >= 11 is 0. The highest BCUT2D eigenvalue weighted by Crippen LogP contribution is 2.37. The number of anilines is 2. The van der Waals surface area contributed by atoms with Crippen LogP contribution in [-0.2, 0) is 0 Å². The molecule has 31 heavy (non-hydrogen) atoms. The van der Waals surface area contributed by atoms with Crippen LogP contribution in [-0.4, -0.2) is 55.4 Å². The highest BCUT2D eigenvalue weighted by molar-refractivity contribution is 6.10. The number of fused-ring (bicyclic) bond motifs is 2. The maximum absolute atomic E-state index is 13.5. The van der Waals surface area contributed by atoms with E-state index in [0.29, 0.717) is 24.3 Å². The van der Waals surface area contributed by atoms with Gasteiger partial charge in [0.05, 0.1) is 29.7 Å². The molecule has 1 aromatic carbocycles. The van der Waals surface area contributed by atoms with Crippen LogP contribution in [0, 0.1) is 0 Å². The van der Waals surface area contributed by atoms with E-state index in [1.807, 2.05) is 23.1 Å². The largest absolute Gasteiger partial charge is 0.370 e. The molecule has 2 N–H and O–H groups in total. The number of nitrogens with one attached hydrogen (secondary N) is 2. The quantitative estimate of drug-likeness (QED) is 0.633. The predicted molar refractivity (Wildman–Crippen MR) is 122 cm³/mol. The Bertz CT molecular complexity index is 1180. The minimum absolute atomic E-state index is 0.0523. The van der Waals surface area contributed by atoms with Crippen LogP contribution >= 0.6 is 0 Å². The van der Waals surface area contributed by atoms with E-state index >= 15 is 0 Å². The number of nitrogens with zero attached hydrogens (tertiary/aromatic N) is 5. The van der Waals surface area contributed by atoms with E-state index in [4.69, 9.17) is 4.99 Å². The normalized spacial score (nSPS) is 22.3. The van der Waals surface area contributed by atoms with Crippen molar-refractivity contribution in [3.63, 3.8) is 0 Å². The van der Waals surface area contributed by atoms with Gasteiger partial charge >= 0.3 is 0 Å². The van der Waals surface area contributed by atoms with Crippen LogP contribution in [0.2, 0.25) is 0 Å². The van der Waals surface area contributed by atoms with Crippen molar-refractivity contribution in [2.45, 2.75) is 44.7 Å². The molecule has 1 spiro atoms. The van der Waals surface area contributed by atoms with E-state index in [2.05, 4.69) is 47.6 Å². The van der Waals surface area contributed by atoms with E-state index in [0.717, 1.165) is 30.1 Å². The molecule has 1 fully saturated rings. The molecule has 0 saturated carbocycles. The Kier molecular flexibility index (Phi) is 4.46. The maximum Gasteiger partial charge on any atom is 0.259 e. The van der Waals surface area contributed by atoms with Crippen molar-refractivity contribution in [2.75, 3.05) is 23.7 Å². The molecule has 2 aliphatic heterocycles. The first-order valence-electron chi connectivity index (χ1n) is 10.7. The zero-order chi connectivity index (χ0) is 21.6. The van der Waals surface area contributed by atoms with Gasteiger partial charge in [0.15, 0.2) is 5.65 Å². The fourth-order valence-corrected chi connectivity index (χ4v) is 4.41. The Morgan fingerprint density at radius 1 is 1.19 bits per heavy atom. The molecule has 5 rings (SSSR count). The lowest BCUT2D eigenvalue weighted by Crippen LogP contribution is -2.63. The lowest BCUT2D eigenvalue weighted by molar-refractivity contribution is 0.0696. The molecular formula is C23H27N7O. The number of carbonyl (C=O) groups excluding carboxylic acids is 1. The maximum atomic E-state index is 13.5. The Hall–Kier alpha value is -3.42. The smallest absolute Gasteiger partial charge is 0.259 e. The van der Waals surface area contributed by atoms with E-state index in [-0.39, 0.29) is 11.4 Å². The van der Waals surface area contributed by atoms with Crippen molar-refractivity contribution in [3.05, 3.63) is 54.5 Å². The van der Waals surface area contributed by atoms with Crippen molar-refractivity contribution in [1.29, 1.82) is 0 Å². The monoisotopic (exact) mass is 417 g/mol. The first-order chi connectivity index (χ1) is 14.8. The molecule has 4 heterocycles. The van der Waals surface area contributed by atoms with Crippen LogP contribution in [0.3, 0.4) is 0 Å². The zero-order valence-electron chi connectivity index (χ0n) is 18.1. The number of amides is 1. The number of hydrogen-bond donors (Lipinski definition) is 2. The summed E-state index contributed by atoms with van der Waals surface area (Å²) in [5.41, 5.74) is 2.43. The van der Waals surface area contributed by atoms with Gasteiger partial charge in [-0.15, -0.1) is 0 Å². The van der Waals surface area contributed by atoms with Gasteiger partial charge in [-0.3, -0.25) is 9.79 Å². The first kappa shape index (κ1) is 19.5. The Balaban J connectivity index is 1.52. The second-order valence-electron chi connectivity index (χ2n) is 9.29. The van der Waals surface area contributed by atoms with Crippen molar-refractivity contribution < 1.29 is 4.79 Å². The molecule has 160 valence electrons. The predicted octanol–water partition coefficient (Wildman–Crippen LogP) is 3.44. The van der Waals surface area contributed by atoms with Crippen molar-refractivity contribution in [2.24, 2.45) is 4.99 Å². The molecule has 0 aliphatic carbocycles. The van der Waals surface area contributed by atoms with Crippen LogP contribution in [0.1, 0.15) is 44.0 Å². The van der Waals surface area contributed by atoms with Crippen molar-refractivity contribution in [3.8, 4) is 0 Å². The van der Waals surface area contributed by atoms with Crippen LogP contribution in [0.15, 0.2) is 53.9 Å². The Morgan fingerprint density at radius 2 is 2.00 bits per heavy atom. The topological polar surface area (TPSA) is 86.9 Å². The summed E-state index contributed by atoms with van der Waals surface area (Å²) in [6, 6.07) is 9.94. The van der Waals surface area contributed by atoms with Gasteiger partial charge in [0, 0.05) is 18.9 Å². The van der Waals surface area contributed by atoms with Gasteiger partial charge in [-0.2, -0.15) is 5.10 Å². The number of para-hydroxylation sites is 2. The van der Waals surface area contributed by atoms with Gasteiger partial charge < -0.3 is 15.5 Å². The van der Waals surface area contributed by atoms with Gasteiger partial charge in [-0.25, -0.2) is 9.50 Å². The molecule has 1 amide bonds. The van der Waals surface area contributed by atoms with Crippen molar-refractivity contribution in [1.82, 2.24) is 19.5 Å². The van der Waals surface area contributed by atoms with Gasteiger partial charge in [-0.1, -0.05) is 12.1 Å². The number of likely N-dealkylation sites (tertiary alicyclic amines) is 1. The molecular weight excluding hydrogens is 390 g/mol. The van der Waals surface area contributed by atoms with E-state index in [1.54, 1.807) is 29.2 Å². The van der Waals surface area contributed by atoms with Gasteiger partial charge in [0.25, 0.3) is 5.91 Å². The molecule has 0 radical (unpaired) electrons. The summed E-state index contributed by atoms with van der Waals surface area (Å²) in [6.45, 7) is 7.48. The van der Waals surface area contributed by atoms with Crippen LogP contribution in [0.4, 0.5) is 11.4 Å². The molecule has 0 unspecified atom stereocenters. The number of benzene rings is 1. The fourth-order valence-electron chi connectivity index (χ4n) is 4.41. The zero-order valence-corrected chi connectivity index (χ0v) is 18.1. The molecule has 8 nitrogen and oxygen atoms in total. The van der Waals surface area contributed by atoms with Crippen molar-refractivity contribution >= 4 is 28.8 Å². The number of rotatable bonds is 1.